The van der Waals surface area contributed by atoms with Crippen molar-refractivity contribution in [3.8, 4) is 0 Å². The Hall–Kier alpha value is -2.60. The van der Waals surface area contributed by atoms with Gasteiger partial charge in [0.25, 0.3) is 0 Å². The number of fused-ring (bicyclic) bond motifs is 1. The SMILES string of the molecule is C[C@@H](Nc1ncnc2ccc(P(C)(C)=O)cc12)c1cc(N)cc(C(F)(F)F)c1. The summed E-state index contributed by atoms with van der Waals surface area (Å²) in [5.74, 6) is 0.448. The molecule has 3 N–H and O–H groups in total. The summed E-state index contributed by atoms with van der Waals surface area (Å²) >= 11 is 0. The van der Waals surface area contributed by atoms with Crippen molar-refractivity contribution in [3.63, 3.8) is 0 Å². The van der Waals surface area contributed by atoms with Crippen LogP contribution in [0.25, 0.3) is 10.9 Å². The zero-order valence-corrected chi connectivity index (χ0v) is 16.5. The zero-order valence-electron chi connectivity index (χ0n) is 15.6. The zero-order chi connectivity index (χ0) is 20.7. The number of hydrogen-bond donors (Lipinski definition) is 2. The highest BCUT2D eigenvalue weighted by atomic mass is 31.2. The van der Waals surface area contributed by atoms with Crippen LogP contribution in [0.2, 0.25) is 0 Å². The molecule has 0 aliphatic heterocycles. The van der Waals surface area contributed by atoms with Crippen molar-refractivity contribution in [1.82, 2.24) is 9.97 Å². The topological polar surface area (TPSA) is 80.9 Å². The summed E-state index contributed by atoms with van der Waals surface area (Å²) in [7, 11) is -2.49. The normalized spacial score (nSPS) is 13.5. The number of hydrogen-bond acceptors (Lipinski definition) is 5. The molecule has 2 aromatic carbocycles. The third kappa shape index (κ3) is 4.28. The maximum absolute atomic E-state index is 13.1. The molecule has 0 spiro atoms. The first-order valence-electron chi connectivity index (χ1n) is 8.49. The van der Waals surface area contributed by atoms with E-state index in [4.69, 9.17) is 5.73 Å². The Kier molecular flexibility index (Phi) is 5.10. The van der Waals surface area contributed by atoms with Crippen molar-refractivity contribution in [2.45, 2.75) is 19.1 Å². The van der Waals surface area contributed by atoms with Crippen molar-refractivity contribution in [2.24, 2.45) is 0 Å². The summed E-state index contributed by atoms with van der Waals surface area (Å²) in [4.78, 5) is 8.42. The second kappa shape index (κ2) is 7.09. The molecule has 3 aromatic rings. The molecule has 148 valence electrons. The highest BCUT2D eigenvalue weighted by molar-refractivity contribution is 7.70. The average molecular weight is 408 g/mol. The molecular formula is C19H20F3N4OP. The minimum absolute atomic E-state index is 0.0335. The first-order chi connectivity index (χ1) is 12.9. The molecule has 0 bridgehead atoms. The molecule has 5 nitrogen and oxygen atoms in total. The molecule has 3 rings (SSSR count). The standard InChI is InChI=1S/C19H20F3N4OP/c1-11(12-6-13(19(20,21)22)8-14(23)7-12)26-18-16-9-15(28(2,3)27)4-5-17(16)24-10-25-18/h4-11H,23H2,1-3H3,(H,24,25,26)/t11-/m1/s1. The van der Waals surface area contributed by atoms with E-state index < -0.39 is 24.9 Å². The quantitative estimate of drug-likeness (QED) is 0.485. The van der Waals surface area contributed by atoms with Gasteiger partial charge in [-0.05, 0) is 62.2 Å². The summed E-state index contributed by atoms with van der Waals surface area (Å²) in [5, 5.41) is 4.45. The number of rotatable bonds is 4. The molecule has 1 atom stereocenters. The van der Waals surface area contributed by atoms with E-state index >= 15 is 0 Å². The minimum atomic E-state index is -4.48. The number of nitrogens with zero attached hydrogens (tertiary/aromatic N) is 2. The minimum Gasteiger partial charge on any atom is -0.399 e. The second-order valence-corrected chi connectivity index (χ2v) is 10.2. The van der Waals surface area contributed by atoms with E-state index in [1.54, 1.807) is 38.5 Å². The third-order valence-corrected chi connectivity index (χ3v) is 5.92. The van der Waals surface area contributed by atoms with Gasteiger partial charge in [0.05, 0.1) is 17.1 Å². The van der Waals surface area contributed by atoms with Crippen molar-refractivity contribution >= 4 is 34.9 Å². The molecule has 0 aliphatic carbocycles. The maximum Gasteiger partial charge on any atom is 0.416 e. The molecule has 1 aromatic heterocycles. The third-order valence-electron chi connectivity index (χ3n) is 4.40. The van der Waals surface area contributed by atoms with Gasteiger partial charge in [-0.15, -0.1) is 0 Å². The number of nitrogens with two attached hydrogens (primary N) is 1. The highest BCUT2D eigenvalue weighted by Gasteiger charge is 2.31. The summed E-state index contributed by atoms with van der Waals surface area (Å²) in [6.07, 6.45) is -3.11. The van der Waals surface area contributed by atoms with Crippen molar-refractivity contribution < 1.29 is 17.7 Å². The first-order valence-corrected chi connectivity index (χ1v) is 11.1. The van der Waals surface area contributed by atoms with E-state index in [2.05, 4.69) is 15.3 Å². The number of nitrogens with one attached hydrogen (secondary N) is 1. The summed E-state index contributed by atoms with van der Waals surface area (Å²) < 4.78 is 51.6. The molecule has 0 unspecified atom stereocenters. The number of halogens is 3. The molecule has 0 saturated carbocycles. The van der Waals surface area contributed by atoms with Gasteiger partial charge in [0.2, 0.25) is 0 Å². The fraction of sp³-hybridized carbons (Fsp3) is 0.263. The molecule has 0 fully saturated rings. The van der Waals surface area contributed by atoms with Crippen LogP contribution in [0.4, 0.5) is 24.7 Å². The van der Waals surface area contributed by atoms with Crippen LogP contribution in [-0.4, -0.2) is 23.3 Å². The van der Waals surface area contributed by atoms with Crippen LogP contribution in [0.15, 0.2) is 42.7 Å². The van der Waals surface area contributed by atoms with Crippen molar-refractivity contribution in [2.75, 3.05) is 24.4 Å². The lowest BCUT2D eigenvalue weighted by Gasteiger charge is -2.19. The van der Waals surface area contributed by atoms with Gasteiger partial charge in [-0.25, -0.2) is 9.97 Å². The van der Waals surface area contributed by atoms with Gasteiger partial charge in [-0.1, -0.05) is 0 Å². The van der Waals surface area contributed by atoms with E-state index in [9.17, 15) is 17.7 Å². The fourth-order valence-electron chi connectivity index (χ4n) is 2.87. The molecule has 1 heterocycles. The van der Waals surface area contributed by atoms with Gasteiger partial charge < -0.3 is 15.6 Å². The molecular weight excluding hydrogens is 388 g/mol. The summed E-state index contributed by atoms with van der Waals surface area (Å²) in [6.45, 7) is 5.05. The van der Waals surface area contributed by atoms with Crippen LogP contribution in [0.5, 0.6) is 0 Å². The van der Waals surface area contributed by atoms with Gasteiger partial charge in [0, 0.05) is 16.4 Å². The molecule has 0 saturated heterocycles. The van der Waals surface area contributed by atoms with Crippen LogP contribution in [-0.2, 0) is 10.7 Å². The molecule has 0 radical (unpaired) electrons. The lowest BCUT2D eigenvalue weighted by Crippen LogP contribution is -2.13. The summed E-state index contributed by atoms with van der Waals surface area (Å²) in [5.41, 5.74) is 5.92. The van der Waals surface area contributed by atoms with Gasteiger partial charge in [0.1, 0.15) is 19.3 Å². The number of nitrogen functional groups attached to an aromatic ring is 1. The second-order valence-electron chi connectivity index (χ2n) is 7.03. The van der Waals surface area contributed by atoms with Gasteiger partial charge in [-0.2, -0.15) is 13.2 Å². The smallest absolute Gasteiger partial charge is 0.399 e. The fourth-order valence-corrected chi connectivity index (χ4v) is 3.75. The summed E-state index contributed by atoms with van der Waals surface area (Å²) in [6, 6.07) is 8.24. The van der Waals surface area contributed by atoms with E-state index in [0.717, 1.165) is 12.1 Å². The van der Waals surface area contributed by atoms with E-state index in [-0.39, 0.29) is 5.69 Å². The van der Waals surface area contributed by atoms with E-state index in [1.165, 1.54) is 12.4 Å². The Morgan fingerprint density at radius 2 is 1.82 bits per heavy atom. The molecule has 28 heavy (non-hydrogen) atoms. The molecule has 0 amide bonds. The number of aromatic nitrogens is 2. The van der Waals surface area contributed by atoms with Gasteiger partial charge >= 0.3 is 6.18 Å². The monoisotopic (exact) mass is 408 g/mol. The lowest BCUT2D eigenvalue weighted by molar-refractivity contribution is -0.137. The van der Waals surface area contributed by atoms with Crippen molar-refractivity contribution in [3.05, 3.63) is 53.9 Å². The number of anilines is 2. The Morgan fingerprint density at radius 3 is 2.46 bits per heavy atom. The van der Waals surface area contributed by atoms with Gasteiger partial charge in [0.15, 0.2) is 0 Å². The molecule has 9 heteroatoms. The van der Waals surface area contributed by atoms with Crippen molar-refractivity contribution in [1.29, 1.82) is 0 Å². The number of benzene rings is 2. The largest absolute Gasteiger partial charge is 0.416 e. The predicted molar refractivity (Wildman–Crippen MR) is 107 cm³/mol. The van der Waals surface area contributed by atoms with Crippen LogP contribution in [0.1, 0.15) is 24.1 Å². The Balaban J connectivity index is 2.01. The maximum atomic E-state index is 13.1. The van der Waals surface area contributed by atoms with Crippen LogP contribution in [0.3, 0.4) is 0 Å². The average Bonchev–Trinajstić information content (AvgIpc) is 2.59. The number of alkyl halides is 3. The van der Waals surface area contributed by atoms with Crippen LogP contribution < -0.4 is 16.4 Å². The van der Waals surface area contributed by atoms with E-state index in [0.29, 0.717) is 27.6 Å². The Morgan fingerprint density at radius 1 is 1.11 bits per heavy atom. The molecule has 0 aliphatic rings. The lowest BCUT2D eigenvalue weighted by atomic mass is 10.0. The first kappa shape index (κ1) is 20.1. The Labute approximate surface area is 160 Å². The van der Waals surface area contributed by atoms with Crippen LogP contribution >= 0.6 is 7.14 Å². The highest BCUT2D eigenvalue weighted by Crippen LogP contribution is 2.37. The predicted octanol–water partition coefficient (Wildman–Crippen LogP) is 4.65. The van der Waals surface area contributed by atoms with Crippen LogP contribution in [0, 0.1) is 0 Å². The van der Waals surface area contributed by atoms with Gasteiger partial charge in [-0.3, -0.25) is 0 Å². The van der Waals surface area contributed by atoms with E-state index in [1.807, 2.05) is 0 Å². The Bertz CT molecular complexity index is 1080.